The van der Waals surface area contributed by atoms with Crippen LogP contribution in [0.15, 0.2) is 0 Å². The van der Waals surface area contributed by atoms with Gasteiger partial charge in [-0.2, -0.15) is 0 Å². The van der Waals surface area contributed by atoms with Crippen LogP contribution in [0, 0.1) is 13.8 Å². The number of halogens is 1. The Balaban J connectivity index is 2.66. The fourth-order valence-electron chi connectivity index (χ4n) is 2.38. The molecule has 2 nitrogen and oxygen atoms in total. The van der Waals surface area contributed by atoms with E-state index in [2.05, 4.69) is 29.8 Å². The molecule has 0 radical (unpaired) electrons. The number of rotatable bonds is 1. The van der Waals surface area contributed by atoms with E-state index >= 15 is 0 Å². The Morgan fingerprint density at radius 2 is 1.94 bits per heavy atom. The number of hydrogen-bond acceptors (Lipinski definition) is 2. The van der Waals surface area contributed by atoms with Crippen LogP contribution in [0.1, 0.15) is 42.5 Å². The molecule has 0 aromatic heterocycles. The van der Waals surface area contributed by atoms with E-state index in [0.29, 0.717) is 11.1 Å². The van der Waals surface area contributed by atoms with Crippen molar-refractivity contribution in [3.63, 3.8) is 0 Å². The molecule has 0 unspecified atom stereocenters. The molecule has 0 fully saturated rings. The average molecular weight is 299 g/mol. The van der Waals surface area contributed by atoms with Crippen LogP contribution in [-0.4, -0.2) is 10.7 Å². The lowest BCUT2D eigenvalue weighted by atomic mass is 9.88. The number of phenols is 1. The monoisotopic (exact) mass is 298 g/mol. The van der Waals surface area contributed by atoms with E-state index in [9.17, 15) is 5.11 Å². The fourth-order valence-corrected chi connectivity index (χ4v) is 2.98. The Morgan fingerprint density at radius 3 is 2.53 bits per heavy atom. The quantitative estimate of drug-likeness (QED) is 0.794. The number of aromatic hydroxyl groups is 1. The summed E-state index contributed by atoms with van der Waals surface area (Å²) in [6.45, 7) is 8.20. The third kappa shape index (κ3) is 2.05. The normalized spacial score (nSPS) is 17.5. The van der Waals surface area contributed by atoms with Crippen molar-refractivity contribution in [2.24, 2.45) is 0 Å². The Labute approximate surface area is 111 Å². The largest absolute Gasteiger partial charge is 0.507 e. The molecule has 0 aliphatic carbocycles. The van der Waals surface area contributed by atoms with Crippen LogP contribution in [0.25, 0.3) is 0 Å². The number of hydrogen-bond donors (Lipinski definition) is 1. The minimum absolute atomic E-state index is 0.106. The molecule has 0 bridgehead atoms. The van der Waals surface area contributed by atoms with Crippen LogP contribution >= 0.6 is 15.9 Å². The van der Waals surface area contributed by atoms with Crippen molar-refractivity contribution < 1.29 is 9.84 Å². The minimum Gasteiger partial charge on any atom is -0.507 e. The maximum Gasteiger partial charge on any atom is 0.127 e. The summed E-state index contributed by atoms with van der Waals surface area (Å²) in [6, 6.07) is 0. The molecule has 17 heavy (non-hydrogen) atoms. The van der Waals surface area contributed by atoms with E-state index in [0.717, 1.165) is 35.3 Å². The van der Waals surface area contributed by atoms with Crippen molar-refractivity contribution >= 4 is 15.9 Å². The summed E-state index contributed by atoms with van der Waals surface area (Å²) in [6.07, 6.45) is 1.96. The van der Waals surface area contributed by atoms with E-state index in [1.807, 2.05) is 13.8 Å². The summed E-state index contributed by atoms with van der Waals surface area (Å²) in [5.41, 5.74) is 4.04. The van der Waals surface area contributed by atoms with Crippen molar-refractivity contribution in [1.82, 2.24) is 0 Å². The van der Waals surface area contributed by atoms with Gasteiger partial charge in [0.25, 0.3) is 0 Å². The summed E-state index contributed by atoms with van der Waals surface area (Å²) in [7, 11) is 0. The summed E-state index contributed by atoms with van der Waals surface area (Å²) in [5, 5.41) is 10.9. The van der Waals surface area contributed by atoms with Gasteiger partial charge in [-0.1, -0.05) is 15.9 Å². The minimum atomic E-state index is -0.106. The lowest BCUT2D eigenvalue weighted by molar-refractivity contribution is 0.0831. The van der Waals surface area contributed by atoms with Gasteiger partial charge in [0.05, 0.1) is 0 Å². The molecule has 0 spiro atoms. The number of benzene rings is 1. The lowest BCUT2D eigenvalue weighted by Gasteiger charge is -2.35. The third-order valence-corrected chi connectivity index (χ3v) is 4.23. The second-order valence-corrected chi connectivity index (χ2v) is 5.94. The van der Waals surface area contributed by atoms with Crippen molar-refractivity contribution in [3.05, 3.63) is 22.3 Å². The van der Waals surface area contributed by atoms with Gasteiger partial charge < -0.3 is 9.84 Å². The van der Waals surface area contributed by atoms with Crippen LogP contribution in [0.4, 0.5) is 0 Å². The molecule has 1 aromatic carbocycles. The molecule has 0 saturated heterocycles. The zero-order chi connectivity index (χ0) is 12.8. The smallest absolute Gasteiger partial charge is 0.127 e. The average Bonchev–Trinajstić information content (AvgIpc) is 2.27. The van der Waals surface area contributed by atoms with Crippen LogP contribution in [0.2, 0.25) is 0 Å². The highest BCUT2D eigenvalue weighted by Crippen LogP contribution is 2.44. The summed E-state index contributed by atoms with van der Waals surface area (Å²) in [5.74, 6) is 1.40. The van der Waals surface area contributed by atoms with Gasteiger partial charge in [0, 0.05) is 16.5 Å². The second-order valence-electron chi connectivity index (χ2n) is 5.38. The topological polar surface area (TPSA) is 29.5 Å². The Morgan fingerprint density at radius 1 is 1.29 bits per heavy atom. The Kier molecular flexibility index (Phi) is 3.15. The fraction of sp³-hybridized carbons (Fsp3) is 0.571. The molecule has 2 rings (SSSR count). The molecule has 1 heterocycles. The van der Waals surface area contributed by atoms with E-state index in [4.69, 9.17) is 4.74 Å². The van der Waals surface area contributed by atoms with Gasteiger partial charge in [0.2, 0.25) is 0 Å². The Hall–Kier alpha value is -0.700. The predicted molar refractivity (Wildman–Crippen MR) is 73.2 cm³/mol. The maximum atomic E-state index is 10.2. The maximum absolute atomic E-state index is 10.2. The van der Waals surface area contributed by atoms with E-state index in [1.54, 1.807) is 0 Å². The first kappa shape index (κ1) is 12.7. The zero-order valence-corrected chi connectivity index (χ0v) is 12.4. The first-order chi connectivity index (χ1) is 7.87. The highest BCUT2D eigenvalue weighted by atomic mass is 79.9. The van der Waals surface area contributed by atoms with Crippen LogP contribution < -0.4 is 4.74 Å². The van der Waals surface area contributed by atoms with E-state index < -0.39 is 0 Å². The molecule has 94 valence electrons. The third-order valence-electron chi connectivity index (χ3n) is 3.67. The lowest BCUT2D eigenvalue weighted by Crippen LogP contribution is -2.33. The van der Waals surface area contributed by atoms with Gasteiger partial charge in [-0.15, -0.1) is 0 Å². The molecule has 1 aliphatic rings. The van der Waals surface area contributed by atoms with Gasteiger partial charge in [-0.3, -0.25) is 0 Å². The van der Waals surface area contributed by atoms with Crippen molar-refractivity contribution in [3.8, 4) is 11.5 Å². The summed E-state index contributed by atoms with van der Waals surface area (Å²) in [4.78, 5) is 0. The molecule has 3 heteroatoms. The molecular weight excluding hydrogens is 280 g/mol. The van der Waals surface area contributed by atoms with Gasteiger partial charge >= 0.3 is 0 Å². The zero-order valence-electron chi connectivity index (χ0n) is 10.9. The number of alkyl halides is 1. The molecule has 0 amide bonds. The summed E-state index contributed by atoms with van der Waals surface area (Å²) >= 11 is 3.46. The molecule has 1 aromatic rings. The van der Waals surface area contributed by atoms with Gasteiger partial charge in [-0.25, -0.2) is 0 Å². The van der Waals surface area contributed by atoms with Crippen molar-refractivity contribution in [2.75, 3.05) is 0 Å². The van der Waals surface area contributed by atoms with Crippen LogP contribution in [-0.2, 0) is 11.8 Å². The van der Waals surface area contributed by atoms with Gasteiger partial charge in [0.15, 0.2) is 0 Å². The molecule has 0 atom stereocenters. The van der Waals surface area contributed by atoms with Crippen molar-refractivity contribution in [1.29, 1.82) is 0 Å². The number of fused-ring (bicyclic) bond motifs is 1. The molecule has 1 N–H and O–H groups in total. The molecular formula is C14H19BrO2. The Bertz CT molecular complexity index is 464. The molecule has 0 saturated carbocycles. The highest BCUT2D eigenvalue weighted by molar-refractivity contribution is 9.08. The number of phenolic OH excluding ortho intramolecular Hbond substituents is 1. The first-order valence-corrected chi connectivity index (χ1v) is 7.08. The first-order valence-electron chi connectivity index (χ1n) is 5.96. The highest BCUT2D eigenvalue weighted by Gasteiger charge is 2.31. The van der Waals surface area contributed by atoms with Crippen molar-refractivity contribution in [2.45, 2.75) is 51.5 Å². The second kappa shape index (κ2) is 4.20. The van der Waals surface area contributed by atoms with E-state index in [1.165, 1.54) is 5.56 Å². The summed E-state index contributed by atoms with van der Waals surface area (Å²) < 4.78 is 6.10. The standard InChI is InChI=1S/C14H19BrO2/c1-8-9(2)13-10(11(7-15)12(8)16)5-6-14(3,4)17-13/h16H,5-7H2,1-4H3. The number of ether oxygens (including phenoxy) is 1. The predicted octanol–water partition coefficient (Wildman–Crippen LogP) is 4.01. The van der Waals surface area contributed by atoms with Crippen LogP contribution in [0.5, 0.6) is 11.5 Å². The van der Waals surface area contributed by atoms with Crippen LogP contribution in [0.3, 0.4) is 0 Å². The SMILES string of the molecule is Cc1c(C)c2c(c(CBr)c1O)CCC(C)(C)O2. The van der Waals surface area contributed by atoms with Gasteiger partial charge in [-0.05, 0) is 51.7 Å². The van der Waals surface area contributed by atoms with E-state index in [-0.39, 0.29) is 5.60 Å². The van der Waals surface area contributed by atoms with Gasteiger partial charge in [0.1, 0.15) is 17.1 Å². The molecule has 1 aliphatic heterocycles.